The van der Waals surface area contributed by atoms with Gasteiger partial charge in [-0.1, -0.05) is 32.4 Å². The molecule has 5 nitrogen and oxygen atoms in total. The number of ether oxygens (including phenoxy) is 2. The highest BCUT2D eigenvalue weighted by molar-refractivity contribution is 5.76. The maximum atomic E-state index is 14.2. The number of nitrogens with zero attached hydrogens (tertiary/aromatic N) is 2. The molecule has 2 aliphatic carbocycles. The fraction of sp³-hybridized carbons (Fsp3) is 0.720. The predicted octanol–water partition coefficient (Wildman–Crippen LogP) is 3.47. The molecule has 7 atom stereocenters. The topological polar surface area (TPSA) is 45.3 Å². The summed E-state index contributed by atoms with van der Waals surface area (Å²) in [4.78, 5) is 17.4. The maximum absolute atomic E-state index is 14.2. The summed E-state index contributed by atoms with van der Waals surface area (Å²) in [6.07, 6.45) is 4.77. The van der Waals surface area contributed by atoms with Crippen LogP contribution in [-0.4, -0.2) is 61.4 Å². The van der Waals surface area contributed by atoms with E-state index in [0.29, 0.717) is 11.6 Å². The van der Waals surface area contributed by atoms with Crippen molar-refractivity contribution in [2.75, 3.05) is 37.6 Å². The van der Waals surface area contributed by atoms with Crippen LogP contribution in [0.3, 0.4) is 0 Å². The molecule has 31 heavy (non-hydrogen) atoms. The third kappa shape index (κ3) is 2.83. The molecule has 168 valence electrons. The minimum absolute atomic E-state index is 0.00753. The standard InChI is InChI=1S/C25H33FN2O3/c1-16-6-5-9-24(2)14-20-21(22-25(16,24)31-22)17(23(29)30-20)15-27-10-12-28(13-11-27)19-8-4-3-7-18(19)26/h3-4,7-8,16-17,20-22H,5-6,9-15H2,1-2H3/t16-,17-,20-,21+,22+,24+,25-/m1/s1. The molecule has 0 radical (unpaired) electrons. The number of fused-ring (bicyclic) bond motifs is 2. The van der Waals surface area contributed by atoms with Gasteiger partial charge in [-0.3, -0.25) is 9.69 Å². The van der Waals surface area contributed by atoms with Gasteiger partial charge in [-0.2, -0.15) is 0 Å². The van der Waals surface area contributed by atoms with Crippen molar-refractivity contribution < 1.29 is 18.7 Å². The molecule has 0 aromatic heterocycles. The summed E-state index contributed by atoms with van der Waals surface area (Å²) in [6, 6.07) is 6.98. The number of epoxide rings is 1. The zero-order valence-electron chi connectivity index (χ0n) is 18.6. The molecule has 5 aliphatic rings. The lowest BCUT2D eigenvalue weighted by atomic mass is 9.53. The van der Waals surface area contributed by atoms with Crippen molar-refractivity contribution in [3.8, 4) is 0 Å². The number of hydrogen-bond donors (Lipinski definition) is 0. The number of esters is 1. The van der Waals surface area contributed by atoms with E-state index in [1.54, 1.807) is 6.07 Å². The highest BCUT2D eigenvalue weighted by Gasteiger charge is 2.78. The highest BCUT2D eigenvalue weighted by Crippen LogP contribution is 2.70. The number of benzene rings is 1. The molecule has 3 aliphatic heterocycles. The normalized spacial score (nSPS) is 44.3. The van der Waals surface area contributed by atoms with Crippen LogP contribution in [0.15, 0.2) is 24.3 Å². The van der Waals surface area contributed by atoms with Crippen molar-refractivity contribution in [3.05, 3.63) is 30.1 Å². The van der Waals surface area contributed by atoms with Crippen molar-refractivity contribution >= 4 is 11.7 Å². The molecule has 1 spiro atoms. The second-order valence-electron chi connectivity index (χ2n) is 10.8. The first-order chi connectivity index (χ1) is 14.9. The number of anilines is 1. The molecular formula is C25H33FN2O3. The van der Waals surface area contributed by atoms with Gasteiger partial charge in [0.1, 0.15) is 17.5 Å². The quantitative estimate of drug-likeness (QED) is 0.545. The number of halogens is 1. The van der Waals surface area contributed by atoms with Gasteiger partial charge < -0.3 is 14.4 Å². The van der Waals surface area contributed by atoms with Crippen molar-refractivity contribution in [2.24, 2.45) is 23.2 Å². The minimum atomic E-state index is -0.166. The molecule has 0 bridgehead atoms. The van der Waals surface area contributed by atoms with Gasteiger partial charge in [0, 0.05) is 44.1 Å². The zero-order valence-corrected chi connectivity index (χ0v) is 18.6. The zero-order chi connectivity index (χ0) is 21.4. The molecule has 6 heteroatoms. The monoisotopic (exact) mass is 428 g/mol. The van der Waals surface area contributed by atoms with Gasteiger partial charge in [-0.05, 0) is 37.3 Å². The lowest BCUT2D eigenvalue weighted by Gasteiger charge is -2.49. The van der Waals surface area contributed by atoms with Crippen LogP contribution in [0.1, 0.15) is 39.5 Å². The Kier molecular flexibility index (Phi) is 4.46. The van der Waals surface area contributed by atoms with Crippen LogP contribution in [0.5, 0.6) is 0 Å². The summed E-state index contributed by atoms with van der Waals surface area (Å²) in [6.45, 7) is 8.65. The van der Waals surface area contributed by atoms with E-state index in [1.807, 2.05) is 12.1 Å². The summed E-state index contributed by atoms with van der Waals surface area (Å²) >= 11 is 0. The first kappa shape index (κ1) is 20.0. The second-order valence-corrected chi connectivity index (χ2v) is 10.8. The summed E-state index contributed by atoms with van der Waals surface area (Å²) in [5.41, 5.74) is 0.771. The van der Waals surface area contributed by atoms with Gasteiger partial charge in [-0.25, -0.2) is 4.39 Å². The number of rotatable bonds is 3. The number of para-hydroxylation sites is 1. The molecule has 0 amide bonds. The van der Waals surface area contributed by atoms with E-state index >= 15 is 0 Å². The van der Waals surface area contributed by atoms with E-state index < -0.39 is 0 Å². The van der Waals surface area contributed by atoms with Gasteiger partial charge in [0.05, 0.1) is 17.7 Å². The Morgan fingerprint density at radius 2 is 1.97 bits per heavy atom. The molecule has 5 fully saturated rings. The number of carbonyl (C=O) groups excluding carboxylic acids is 1. The van der Waals surface area contributed by atoms with Crippen LogP contribution in [-0.2, 0) is 14.3 Å². The SMILES string of the molecule is C[C@@H]1CCC[C@@]2(C)C[C@H]3OC(=O)[C@H](CN4CCN(c5ccccc5F)CC4)[C@@H]3[C@@H]3O[C@]132. The van der Waals surface area contributed by atoms with Crippen LogP contribution in [0.2, 0.25) is 0 Å². The van der Waals surface area contributed by atoms with Crippen LogP contribution >= 0.6 is 0 Å². The Morgan fingerprint density at radius 3 is 2.74 bits per heavy atom. The van der Waals surface area contributed by atoms with E-state index in [0.717, 1.165) is 39.1 Å². The van der Waals surface area contributed by atoms with E-state index in [4.69, 9.17) is 9.47 Å². The number of hydrogen-bond acceptors (Lipinski definition) is 5. The van der Waals surface area contributed by atoms with Crippen molar-refractivity contribution in [1.82, 2.24) is 4.90 Å². The molecule has 1 aromatic rings. The van der Waals surface area contributed by atoms with Crippen molar-refractivity contribution in [1.29, 1.82) is 0 Å². The Bertz CT molecular complexity index is 887. The Morgan fingerprint density at radius 1 is 1.19 bits per heavy atom. The van der Waals surface area contributed by atoms with Gasteiger partial charge in [0.2, 0.25) is 0 Å². The van der Waals surface area contributed by atoms with E-state index in [1.165, 1.54) is 25.3 Å². The van der Waals surface area contributed by atoms with E-state index in [-0.39, 0.29) is 46.8 Å². The number of piperazine rings is 1. The average Bonchev–Trinajstić information content (AvgIpc) is 3.44. The third-order valence-corrected chi connectivity index (χ3v) is 9.21. The highest BCUT2D eigenvalue weighted by atomic mass is 19.1. The van der Waals surface area contributed by atoms with Crippen LogP contribution in [0, 0.1) is 29.0 Å². The first-order valence-corrected chi connectivity index (χ1v) is 12.0. The van der Waals surface area contributed by atoms with Gasteiger partial charge in [0.25, 0.3) is 0 Å². The molecule has 0 N–H and O–H groups in total. The fourth-order valence-corrected chi connectivity index (χ4v) is 7.60. The first-order valence-electron chi connectivity index (χ1n) is 12.0. The molecule has 2 saturated carbocycles. The molecule has 0 unspecified atom stereocenters. The third-order valence-electron chi connectivity index (χ3n) is 9.21. The molecule has 6 rings (SSSR count). The Labute approximate surface area is 183 Å². The predicted molar refractivity (Wildman–Crippen MR) is 115 cm³/mol. The van der Waals surface area contributed by atoms with Gasteiger partial charge in [0.15, 0.2) is 0 Å². The molecule has 3 heterocycles. The van der Waals surface area contributed by atoms with Gasteiger partial charge in [-0.15, -0.1) is 0 Å². The molecule has 1 aromatic carbocycles. The average molecular weight is 429 g/mol. The van der Waals surface area contributed by atoms with Crippen LogP contribution < -0.4 is 4.90 Å². The molecular weight excluding hydrogens is 395 g/mol. The Hall–Kier alpha value is -1.66. The summed E-state index contributed by atoms with van der Waals surface area (Å²) in [7, 11) is 0. The van der Waals surface area contributed by atoms with Crippen LogP contribution in [0.4, 0.5) is 10.1 Å². The maximum Gasteiger partial charge on any atom is 0.311 e. The van der Waals surface area contributed by atoms with E-state index in [9.17, 15) is 9.18 Å². The van der Waals surface area contributed by atoms with Crippen molar-refractivity contribution in [2.45, 2.75) is 57.3 Å². The summed E-state index contributed by atoms with van der Waals surface area (Å²) in [5, 5.41) is 0. The van der Waals surface area contributed by atoms with E-state index in [2.05, 4.69) is 23.6 Å². The van der Waals surface area contributed by atoms with Crippen molar-refractivity contribution in [3.63, 3.8) is 0 Å². The van der Waals surface area contributed by atoms with Crippen LogP contribution in [0.25, 0.3) is 0 Å². The van der Waals surface area contributed by atoms with Gasteiger partial charge >= 0.3 is 5.97 Å². The molecule has 3 saturated heterocycles. The lowest BCUT2D eigenvalue weighted by Crippen LogP contribution is -2.55. The largest absolute Gasteiger partial charge is 0.462 e. The summed E-state index contributed by atoms with van der Waals surface area (Å²) < 4.78 is 26.7. The fourth-order valence-electron chi connectivity index (χ4n) is 7.60. The lowest BCUT2D eigenvalue weighted by molar-refractivity contribution is -0.146. The second kappa shape index (κ2) is 6.92. The Balaban J connectivity index is 1.15. The summed E-state index contributed by atoms with van der Waals surface area (Å²) in [5.74, 6) is 0.435. The smallest absolute Gasteiger partial charge is 0.311 e. The number of carbonyl (C=O) groups is 1. The minimum Gasteiger partial charge on any atom is -0.462 e.